The van der Waals surface area contributed by atoms with Crippen molar-refractivity contribution in [3.05, 3.63) is 45.7 Å². The fraction of sp³-hybridized carbons (Fsp3) is 0.167. The van der Waals surface area contributed by atoms with E-state index >= 15 is 0 Å². The minimum absolute atomic E-state index is 0.0443. The Labute approximate surface area is 108 Å². The molecule has 18 heavy (non-hydrogen) atoms. The molecule has 1 aromatic heterocycles. The molecule has 1 aromatic carbocycles. The number of carbonyl (C=O) groups excluding carboxylic acids is 1. The predicted molar refractivity (Wildman–Crippen MR) is 68.8 cm³/mol. The van der Waals surface area contributed by atoms with Crippen molar-refractivity contribution in [1.82, 2.24) is 10.3 Å². The molecule has 2 aromatic rings. The van der Waals surface area contributed by atoms with E-state index in [-0.39, 0.29) is 5.56 Å². The molecule has 0 fully saturated rings. The molecule has 4 nitrogen and oxygen atoms in total. The van der Waals surface area contributed by atoms with Gasteiger partial charge in [0.15, 0.2) is 0 Å². The number of aromatic nitrogens is 1. The molecule has 0 bridgehead atoms. The maximum Gasteiger partial charge on any atom is 0.254 e. The van der Waals surface area contributed by atoms with Gasteiger partial charge in [-0.1, -0.05) is 0 Å². The van der Waals surface area contributed by atoms with Gasteiger partial charge in [-0.2, -0.15) is 0 Å². The van der Waals surface area contributed by atoms with Crippen LogP contribution in [0.1, 0.15) is 20.9 Å². The zero-order valence-corrected chi connectivity index (χ0v) is 10.6. The minimum Gasteiger partial charge on any atom is -0.399 e. The van der Waals surface area contributed by atoms with E-state index in [9.17, 15) is 9.18 Å². The van der Waals surface area contributed by atoms with Crippen molar-refractivity contribution in [1.29, 1.82) is 0 Å². The standard InChI is InChI=1S/C12H12FN3OS/c1-7-11(18-6-16-7)5-15-12(17)9-4-8(14)2-3-10(9)13/h2-4,6H,5,14H2,1H3,(H,15,17). The van der Waals surface area contributed by atoms with Gasteiger partial charge < -0.3 is 11.1 Å². The van der Waals surface area contributed by atoms with E-state index in [0.717, 1.165) is 10.6 Å². The Morgan fingerprint density at radius 2 is 2.33 bits per heavy atom. The molecule has 0 radical (unpaired) electrons. The van der Waals surface area contributed by atoms with Crippen LogP contribution in [0, 0.1) is 12.7 Å². The second kappa shape index (κ2) is 5.14. The zero-order valence-electron chi connectivity index (χ0n) is 9.74. The number of hydrogen-bond donors (Lipinski definition) is 2. The summed E-state index contributed by atoms with van der Waals surface area (Å²) in [7, 11) is 0. The van der Waals surface area contributed by atoms with Crippen LogP contribution in [0.25, 0.3) is 0 Å². The summed E-state index contributed by atoms with van der Waals surface area (Å²) in [6.45, 7) is 2.20. The summed E-state index contributed by atoms with van der Waals surface area (Å²) in [6.07, 6.45) is 0. The summed E-state index contributed by atoms with van der Waals surface area (Å²) in [5.74, 6) is -1.06. The van der Waals surface area contributed by atoms with E-state index in [1.807, 2.05) is 6.92 Å². The minimum atomic E-state index is -0.581. The maximum atomic E-state index is 13.4. The number of nitrogens with zero attached hydrogens (tertiary/aromatic N) is 1. The van der Waals surface area contributed by atoms with Crippen molar-refractivity contribution < 1.29 is 9.18 Å². The van der Waals surface area contributed by atoms with Crippen molar-refractivity contribution >= 4 is 22.9 Å². The molecule has 6 heteroatoms. The molecule has 94 valence electrons. The van der Waals surface area contributed by atoms with Crippen molar-refractivity contribution in [3.8, 4) is 0 Å². The maximum absolute atomic E-state index is 13.4. The molecular weight excluding hydrogens is 253 g/mol. The number of rotatable bonds is 3. The number of hydrogen-bond acceptors (Lipinski definition) is 4. The topological polar surface area (TPSA) is 68.0 Å². The van der Waals surface area contributed by atoms with Crippen LogP contribution in [0.5, 0.6) is 0 Å². The highest BCUT2D eigenvalue weighted by atomic mass is 32.1. The van der Waals surface area contributed by atoms with E-state index in [0.29, 0.717) is 12.2 Å². The number of aryl methyl sites for hydroxylation is 1. The molecule has 0 saturated carbocycles. The SMILES string of the molecule is Cc1ncsc1CNC(=O)c1cc(N)ccc1F. The molecule has 1 heterocycles. The Morgan fingerprint density at radius 3 is 3.00 bits per heavy atom. The second-order valence-electron chi connectivity index (χ2n) is 3.78. The molecule has 1 amide bonds. The van der Waals surface area contributed by atoms with Crippen molar-refractivity contribution in [3.63, 3.8) is 0 Å². The largest absolute Gasteiger partial charge is 0.399 e. The fourth-order valence-electron chi connectivity index (χ4n) is 1.47. The summed E-state index contributed by atoms with van der Waals surface area (Å²) in [5.41, 5.74) is 8.41. The first-order valence-electron chi connectivity index (χ1n) is 5.30. The monoisotopic (exact) mass is 265 g/mol. The lowest BCUT2D eigenvalue weighted by atomic mass is 10.1. The summed E-state index contributed by atoms with van der Waals surface area (Å²) in [4.78, 5) is 16.8. The molecule has 0 aliphatic heterocycles. The number of anilines is 1. The number of nitrogen functional groups attached to an aromatic ring is 1. The van der Waals surface area contributed by atoms with Crippen LogP contribution in [-0.4, -0.2) is 10.9 Å². The van der Waals surface area contributed by atoms with Crippen LogP contribution >= 0.6 is 11.3 Å². The van der Waals surface area contributed by atoms with E-state index in [1.54, 1.807) is 5.51 Å². The lowest BCUT2D eigenvalue weighted by molar-refractivity contribution is 0.0947. The normalized spacial score (nSPS) is 10.3. The van der Waals surface area contributed by atoms with Gasteiger partial charge in [0, 0.05) is 10.6 Å². The number of nitrogens with one attached hydrogen (secondary N) is 1. The van der Waals surface area contributed by atoms with Gasteiger partial charge in [0.25, 0.3) is 5.91 Å². The third-order valence-corrected chi connectivity index (χ3v) is 3.42. The lowest BCUT2D eigenvalue weighted by Gasteiger charge is -2.06. The van der Waals surface area contributed by atoms with Crippen LogP contribution < -0.4 is 11.1 Å². The van der Waals surface area contributed by atoms with Crippen molar-refractivity contribution in [2.45, 2.75) is 13.5 Å². The van der Waals surface area contributed by atoms with Crippen LogP contribution in [0.4, 0.5) is 10.1 Å². The predicted octanol–water partition coefficient (Wildman–Crippen LogP) is 2.10. The van der Waals surface area contributed by atoms with E-state index in [2.05, 4.69) is 10.3 Å². The number of halogens is 1. The Hall–Kier alpha value is -1.95. The van der Waals surface area contributed by atoms with Gasteiger partial charge in [-0.25, -0.2) is 9.37 Å². The van der Waals surface area contributed by atoms with Gasteiger partial charge >= 0.3 is 0 Å². The van der Waals surface area contributed by atoms with E-state index in [1.165, 1.54) is 29.5 Å². The highest BCUT2D eigenvalue weighted by Crippen LogP contribution is 2.14. The molecule has 0 spiro atoms. The smallest absolute Gasteiger partial charge is 0.254 e. The molecule has 0 aliphatic rings. The summed E-state index contributed by atoms with van der Waals surface area (Å²) < 4.78 is 13.4. The third-order valence-electron chi connectivity index (χ3n) is 2.49. The quantitative estimate of drug-likeness (QED) is 0.835. The van der Waals surface area contributed by atoms with E-state index < -0.39 is 11.7 Å². The number of carbonyl (C=O) groups is 1. The highest BCUT2D eigenvalue weighted by Gasteiger charge is 2.12. The van der Waals surface area contributed by atoms with Gasteiger partial charge in [0.05, 0.1) is 23.3 Å². The lowest BCUT2D eigenvalue weighted by Crippen LogP contribution is -2.23. The molecular formula is C12H12FN3OS. The Bertz CT molecular complexity index is 582. The molecule has 0 saturated heterocycles. The highest BCUT2D eigenvalue weighted by molar-refractivity contribution is 7.09. The number of benzene rings is 1. The van der Waals surface area contributed by atoms with Crippen LogP contribution in [0.15, 0.2) is 23.7 Å². The first-order valence-corrected chi connectivity index (χ1v) is 6.18. The van der Waals surface area contributed by atoms with Gasteiger partial charge in [-0.15, -0.1) is 11.3 Å². The van der Waals surface area contributed by atoms with E-state index in [4.69, 9.17) is 5.73 Å². The molecule has 0 aliphatic carbocycles. The molecule has 0 atom stereocenters. The summed E-state index contributed by atoms with van der Waals surface area (Å²) in [6, 6.07) is 3.92. The summed E-state index contributed by atoms with van der Waals surface area (Å²) >= 11 is 1.45. The third kappa shape index (κ3) is 2.65. The van der Waals surface area contributed by atoms with Gasteiger partial charge in [-0.05, 0) is 25.1 Å². The van der Waals surface area contributed by atoms with Crippen LogP contribution in [0.3, 0.4) is 0 Å². The first-order chi connectivity index (χ1) is 8.58. The Kier molecular flexibility index (Phi) is 3.57. The zero-order chi connectivity index (χ0) is 13.1. The Morgan fingerprint density at radius 1 is 1.56 bits per heavy atom. The van der Waals surface area contributed by atoms with Gasteiger partial charge in [0.1, 0.15) is 5.82 Å². The molecule has 0 unspecified atom stereocenters. The van der Waals surface area contributed by atoms with Crippen LogP contribution in [-0.2, 0) is 6.54 Å². The molecule has 3 N–H and O–H groups in total. The van der Waals surface area contributed by atoms with Crippen LogP contribution in [0.2, 0.25) is 0 Å². The van der Waals surface area contributed by atoms with Crippen molar-refractivity contribution in [2.75, 3.05) is 5.73 Å². The second-order valence-corrected chi connectivity index (χ2v) is 4.72. The summed E-state index contributed by atoms with van der Waals surface area (Å²) in [5, 5.41) is 2.65. The average molecular weight is 265 g/mol. The van der Waals surface area contributed by atoms with Gasteiger partial charge in [0.2, 0.25) is 0 Å². The number of amides is 1. The average Bonchev–Trinajstić information content (AvgIpc) is 2.75. The van der Waals surface area contributed by atoms with Gasteiger partial charge in [-0.3, -0.25) is 4.79 Å². The van der Waals surface area contributed by atoms with Crippen molar-refractivity contribution in [2.24, 2.45) is 0 Å². The fourth-order valence-corrected chi connectivity index (χ4v) is 2.19. The number of nitrogens with two attached hydrogens (primary N) is 1. The first kappa shape index (κ1) is 12.5. The molecule has 2 rings (SSSR count). The number of thiazole rings is 1. The Balaban J connectivity index is 2.08.